The van der Waals surface area contributed by atoms with Crippen LogP contribution in [0.2, 0.25) is 0 Å². The van der Waals surface area contributed by atoms with E-state index in [4.69, 9.17) is 0 Å². The average Bonchev–Trinajstić information content (AvgIpc) is 2.48. The molecule has 2 atom stereocenters. The zero-order valence-electron chi connectivity index (χ0n) is 11.8. The summed E-state index contributed by atoms with van der Waals surface area (Å²) in [6.07, 6.45) is 7.86. The van der Waals surface area contributed by atoms with E-state index in [0.29, 0.717) is 11.6 Å². The predicted molar refractivity (Wildman–Crippen MR) is 76.5 cm³/mol. The lowest BCUT2D eigenvalue weighted by Crippen LogP contribution is -2.46. The quantitative estimate of drug-likeness (QED) is 0.817. The van der Waals surface area contributed by atoms with Gasteiger partial charge in [-0.05, 0) is 61.9 Å². The molecule has 1 heterocycles. The molecule has 1 aromatic rings. The molecule has 1 aliphatic heterocycles. The Morgan fingerprint density at radius 3 is 2.85 bits per heavy atom. The molecule has 0 unspecified atom stereocenters. The van der Waals surface area contributed by atoms with Crippen molar-refractivity contribution in [3.63, 3.8) is 0 Å². The Labute approximate surface area is 120 Å². The van der Waals surface area contributed by atoms with Gasteiger partial charge in [0.15, 0.2) is 0 Å². The lowest BCUT2D eigenvalue weighted by Gasteiger charge is -2.44. The molecular weight excluding hydrogens is 251 g/mol. The summed E-state index contributed by atoms with van der Waals surface area (Å²) in [5.74, 6) is 0.577. The second-order valence-electron chi connectivity index (χ2n) is 6.14. The van der Waals surface area contributed by atoms with Gasteiger partial charge in [0.05, 0.1) is 11.6 Å². The SMILES string of the molecule is N#Cc1ccc(F)cc1CN1CCC[C@H]2CCCC[C@H]21. The Balaban J connectivity index is 1.79. The Hall–Kier alpha value is -1.40. The number of benzene rings is 1. The third kappa shape index (κ3) is 2.71. The van der Waals surface area contributed by atoms with Gasteiger partial charge in [-0.2, -0.15) is 5.26 Å². The van der Waals surface area contributed by atoms with Gasteiger partial charge in [0.1, 0.15) is 5.82 Å². The van der Waals surface area contributed by atoms with Crippen LogP contribution in [0.4, 0.5) is 4.39 Å². The minimum atomic E-state index is -0.240. The van der Waals surface area contributed by atoms with Crippen molar-refractivity contribution in [2.75, 3.05) is 6.54 Å². The molecule has 0 N–H and O–H groups in total. The summed E-state index contributed by atoms with van der Waals surface area (Å²) in [6.45, 7) is 1.81. The molecule has 2 aliphatic rings. The number of likely N-dealkylation sites (tertiary alicyclic amines) is 1. The molecule has 3 heteroatoms. The van der Waals surface area contributed by atoms with Gasteiger partial charge >= 0.3 is 0 Å². The van der Waals surface area contributed by atoms with E-state index in [9.17, 15) is 9.65 Å². The van der Waals surface area contributed by atoms with Crippen LogP contribution in [0, 0.1) is 23.1 Å². The maximum Gasteiger partial charge on any atom is 0.123 e. The monoisotopic (exact) mass is 272 g/mol. The van der Waals surface area contributed by atoms with E-state index in [0.717, 1.165) is 24.6 Å². The molecule has 106 valence electrons. The van der Waals surface area contributed by atoms with Gasteiger partial charge in [-0.25, -0.2) is 4.39 Å². The number of fused-ring (bicyclic) bond motifs is 1. The zero-order chi connectivity index (χ0) is 13.9. The Morgan fingerprint density at radius 1 is 1.20 bits per heavy atom. The first-order valence-electron chi connectivity index (χ1n) is 7.70. The number of hydrogen-bond acceptors (Lipinski definition) is 2. The molecule has 1 saturated heterocycles. The number of rotatable bonds is 2. The molecule has 0 radical (unpaired) electrons. The zero-order valence-corrected chi connectivity index (χ0v) is 11.8. The maximum atomic E-state index is 13.4. The van der Waals surface area contributed by atoms with E-state index in [1.165, 1.54) is 50.7 Å². The highest BCUT2D eigenvalue weighted by Gasteiger charge is 2.33. The Bertz CT molecular complexity index is 518. The third-order valence-electron chi connectivity index (χ3n) is 4.92. The molecule has 1 aromatic carbocycles. The van der Waals surface area contributed by atoms with Gasteiger partial charge in [0, 0.05) is 12.6 Å². The van der Waals surface area contributed by atoms with Crippen molar-refractivity contribution >= 4 is 0 Å². The number of hydrogen-bond donors (Lipinski definition) is 0. The summed E-state index contributed by atoms with van der Waals surface area (Å²) in [7, 11) is 0. The minimum Gasteiger partial charge on any atom is -0.296 e. The first kappa shape index (κ1) is 13.6. The van der Waals surface area contributed by atoms with Crippen molar-refractivity contribution in [2.45, 2.75) is 51.1 Å². The molecule has 0 aromatic heterocycles. The van der Waals surface area contributed by atoms with Gasteiger partial charge in [0.25, 0.3) is 0 Å². The summed E-state index contributed by atoms with van der Waals surface area (Å²) in [5, 5.41) is 9.18. The Morgan fingerprint density at radius 2 is 2.00 bits per heavy atom. The van der Waals surface area contributed by atoms with Crippen LogP contribution >= 0.6 is 0 Å². The molecule has 3 rings (SSSR count). The average molecular weight is 272 g/mol. The van der Waals surface area contributed by atoms with Crippen LogP contribution in [0.15, 0.2) is 18.2 Å². The lowest BCUT2D eigenvalue weighted by atomic mass is 9.78. The second kappa shape index (κ2) is 5.93. The van der Waals surface area contributed by atoms with Crippen LogP contribution in [0.5, 0.6) is 0 Å². The van der Waals surface area contributed by atoms with Gasteiger partial charge in [-0.3, -0.25) is 4.90 Å². The van der Waals surface area contributed by atoms with Crippen molar-refractivity contribution in [1.82, 2.24) is 4.90 Å². The number of piperidine rings is 1. The minimum absolute atomic E-state index is 0.240. The first-order chi connectivity index (χ1) is 9.78. The van der Waals surface area contributed by atoms with Crippen LogP contribution in [-0.2, 0) is 6.54 Å². The lowest BCUT2D eigenvalue weighted by molar-refractivity contribution is 0.0546. The molecule has 1 saturated carbocycles. The largest absolute Gasteiger partial charge is 0.296 e. The van der Waals surface area contributed by atoms with E-state index in [2.05, 4.69) is 11.0 Å². The van der Waals surface area contributed by atoms with Gasteiger partial charge in [-0.1, -0.05) is 12.8 Å². The highest BCUT2D eigenvalue weighted by Crippen LogP contribution is 2.36. The fourth-order valence-electron chi connectivity index (χ4n) is 3.95. The van der Waals surface area contributed by atoms with Crippen molar-refractivity contribution < 1.29 is 4.39 Å². The van der Waals surface area contributed by atoms with E-state index in [1.54, 1.807) is 6.07 Å². The summed E-state index contributed by atoms with van der Waals surface area (Å²) in [4.78, 5) is 2.49. The molecule has 0 bridgehead atoms. The van der Waals surface area contributed by atoms with Crippen molar-refractivity contribution in [3.05, 3.63) is 35.1 Å². The number of nitriles is 1. The van der Waals surface area contributed by atoms with Crippen LogP contribution < -0.4 is 0 Å². The maximum absolute atomic E-state index is 13.4. The molecule has 1 aliphatic carbocycles. The summed E-state index contributed by atoms with van der Waals surface area (Å²) in [6, 6.07) is 7.35. The number of halogens is 1. The number of nitrogens with zero attached hydrogens (tertiary/aromatic N) is 2. The Kier molecular flexibility index (Phi) is 4.03. The van der Waals surface area contributed by atoms with Crippen LogP contribution in [-0.4, -0.2) is 17.5 Å². The summed E-state index contributed by atoms with van der Waals surface area (Å²) in [5.41, 5.74) is 1.46. The molecular formula is C17H21FN2. The third-order valence-corrected chi connectivity index (χ3v) is 4.92. The van der Waals surface area contributed by atoms with Crippen molar-refractivity contribution in [1.29, 1.82) is 5.26 Å². The van der Waals surface area contributed by atoms with Gasteiger partial charge < -0.3 is 0 Å². The van der Waals surface area contributed by atoms with E-state index in [1.807, 2.05) is 0 Å². The van der Waals surface area contributed by atoms with Gasteiger partial charge in [-0.15, -0.1) is 0 Å². The van der Waals surface area contributed by atoms with E-state index >= 15 is 0 Å². The predicted octanol–water partition coefficient (Wildman–Crippen LogP) is 3.85. The van der Waals surface area contributed by atoms with Crippen molar-refractivity contribution in [2.24, 2.45) is 5.92 Å². The molecule has 0 spiro atoms. The first-order valence-corrected chi connectivity index (χ1v) is 7.70. The molecule has 20 heavy (non-hydrogen) atoms. The summed E-state index contributed by atoms with van der Waals surface area (Å²) >= 11 is 0. The van der Waals surface area contributed by atoms with Crippen molar-refractivity contribution in [3.8, 4) is 6.07 Å². The van der Waals surface area contributed by atoms with Crippen LogP contribution in [0.25, 0.3) is 0 Å². The highest BCUT2D eigenvalue weighted by atomic mass is 19.1. The standard InChI is InChI=1S/C17H21FN2/c18-16-8-7-14(11-19)15(10-16)12-20-9-3-5-13-4-1-2-6-17(13)20/h7-8,10,13,17H,1-6,9,12H2/t13-,17-/m1/s1. The second-order valence-corrected chi connectivity index (χ2v) is 6.14. The fourth-order valence-corrected chi connectivity index (χ4v) is 3.95. The van der Waals surface area contributed by atoms with E-state index in [-0.39, 0.29) is 5.82 Å². The normalized spacial score (nSPS) is 26.8. The smallest absolute Gasteiger partial charge is 0.123 e. The van der Waals surface area contributed by atoms with Crippen LogP contribution in [0.3, 0.4) is 0 Å². The molecule has 2 fully saturated rings. The molecule has 2 nitrogen and oxygen atoms in total. The van der Waals surface area contributed by atoms with Crippen LogP contribution in [0.1, 0.15) is 49.7 Å². The highest BCUT2D eigenvalue weighted by molar-refractivity contribution is 5.37. The van der Waals surface area contributed by atoms with Gasteiger partial charge in [0.2, 0.25) is 0 Å². The summed E-state index contributed by atoms with van der Waals surface area (Å²) < 4.78 is 13.4. The topological polar surface area (TPSA) is 27.0 Å². The fraction of sp³-hybridized carbons (Fsp3) is 0.588. The molecule has 0 amide bonds. The van der Waals surface area contributed by atoms with E-state index < -0.39 is 0 Å².